The summed E-state index contributed by atoms with van der Waals surface area (Å²) < 4.78 is 28.8. The van der Waals surface area contributed by atoms with Crippen LogP contribution in [0.2, 0.25) is 0 Å². The van der Waals surface area contributed by atoms with Gasteiger partial charge in [0.05, 0.1) is 17.5 Å². The Hall–Kier alpha value is -2.17. The van der Waals surface area contributed by atoms with Crippen LogP contribution in [0.1, 0.15) is 36.0 Å². The fourth-order valence-corrected chi connectivity index (χ4v) is 4.48. The number of carbonyl (C=O) groups is 1. The van der Waals surface area contributed by atoms with Crippen molar-refractivity contribution >= 4 is 37.6 Å². The highest BCUT2D eigenvalue weighted by Crippen LogP contribution is 2.27. The molecule has 0 aliphatic carbocycles. The summed E-state index contributed by atoms with van der Waals surface area (Å²) in [7, 11) is -3.57. The van der Waals surface area contributed by atoms with E-state index >= 15 is 0 Å². The van der Waals surface area contributed by atoms with Crippen molar-refractivity contribution in [3.05, 3.63) is 52.8 Å². The van der Waals surface area contributed by atoms with Crippen LogP contribution in [0.15, 0.2) is 47.2 Å². The van der Waals surface area contributed by atoms with Crippen molar-refractivity contribution < 1.29 is 17.4 Å². The number of pyridine rings is 1. The molecule has 10 heteroatoms. The zero-order valence-electron chi connectivity index (χ0n) is 18.1. The third kappa shape index (κ3) is 8.07. The Morgan fingerprint density at radius 2 is 1.97 bits per heavy atom. The fourth-order valence-electron chi connectivity index (χ4n) is 3.64. The number of benzene rings is 1. The van der Waals surface area contributed by atoms with E-state index in [0.717, 1.165) is 56.0 Å². The van der Waals surface area contributed by atoms with E-state index < -0.39 is 10.1 Å². The Morgan fingerprint density at radius 1 is 1.22 bits per heavy atom. The normalized spacial score (nSPS) is 15.3. The monoisotopic (exact) mass is 524 g/mol. The smallest absolute Gasteiger partial charge is 0.306 e. The van der Waals surface area contributed by atoms with Crippen LogP contribution in [0.5, 0.6) is 5.75 Å². The number of halogens is 1. The Balaban J connectivity index is 1.34. The second-order valence-electron chi connectivity index (χ2n) is 7.90. The van der Waals surface area contributed by atoms with E-state index in [1.54, 1.807) is 30.6 Å². The quantitative estimate of drug-likeness (QED) is 0.363. The number of amides is 1. The second kappa shape index (κ2) is 11.6. The standard InChI is InChI=1S/C22H29BrN4O4S/c1-32(29,30)31-21-7-3-2-6-20(21)26-19-8-12-27(13-9-19)11-5-4-10-25-22(28)17-14-18(23)16-24-15-17/h2-3,6-7,14-16,19,26H,4-5,8-13H2,1H3,(H,25,28). The lowest BCUT2D eigenvalue weighted by atomic mass is 10.0. The molecule has 1 aromatic heterocycles. The number of hydrogen-bond acceptors (Lipinski definition) is 7. The zero-order chi connectivity index (χ0) is 23.0. The van der Waals surface area contributed by atoms with Crippen LogP contribution in [0, 0.1) is 0 Å². The predicted octanol–water partition coefficient (Wildman–Crippen LogP) is 3.27. The van der Waals surface area contributed by atoms with Crippen LogP contribution in [0.4, 0.5) is 5.69 Å². The van der Waals surface area contributed by atoms with E-state index in [1.165, 1.54) is 0 Å². The van der Waals surface area contributed by atoms with Gasteiger partial charge in [0.15, 0.2) is 5.75 Å². The molecule has 0 bridgehead atoms. The number of hydrogen-bond donors (Lipinski definition) is 2. The average Bonchev–Trinajstić information content (AvgIpc) is 2.75. The van der Waals surface area contributed by atoms with Gasteiger partial charge in [-0.1, -0.05) is 12.1 Å². The first-order chi connectivity index (χ1) is 15.3. The summed E-state index contributed by atoms with van der Waals surface area (Å²) in [5, 5.41) is 6.37. The van der Waals surface area contributed by atoms with Gasteiger partial charge in [-0.05, 0) is 66.4 Å². The van der Waals surface area contributed by atoms with Crippen LogP contribution < -0.4 is 14.8 Å². The zero-order valence-corrected chi connectivity index (χ0v) is 20.5. The lowest BCUT2D eigenvalue weighted by molar-refractivity contribution is 0.0952. The number of anilines is 1. The van der Waals surface area contributed by atoms with Gasteiger partial charge >= 0.3 is 10.1 Å². The molecule has 1 amide bonds. The lowest BCUT2D eigenvalue weighted by Crippen LogP contribution is -2.39. The summed E-state index contributed by atoms with van der Waals surface area (Å²) >= 11 is 3.32. The Kier molecular flexibility index (Phi) is 8.89. The summed E-state index contributed by atoms with van der Waals surface area (Å²) in [6.07, 6.45) is 8.13. The largest absolute Gasteiger partial charge is 0.380 e. The van der Waals surface area contributed by atoms with Gasteiger partial charge in [-0.15, -0.1) is 0 Å². The minimum absolute atomic E-state index is 0.106. The summed E-state index contributed by atoms with van der Waals surface area (Å²) in [6.45, 7) is 3.58. The maximum atomic E-state index is 12.1. The number of nitrogens with zero attached hydrogens (tertiary/aromatic N) is 2. The highest BCUT2D eigenvalue weighted by atomic mass is 79.9. The van der Waals surface area contributed by atoms with Crippen LogP contribution >= 0.6 is 15.9 Å². The third-order valence-electron chi connectivity index (χ3n) is 5.23. The number of likely N-dealkylation sites (tertiary alicyclic amines) is 1. The number of nitrogens with one attached hydrogen (secondary N) is 2. The number of unbranched alkanes of at least 4 members (excludes halogenated alkanes) is 1. The molecule has 0 saturated carbocycles. The number of carbonyl (C=O) groups excluding carboxylic acids is 1. The molecule has 0 radical (unpaired) electrons. The molecule has 3 rings (SSSR count). The van der Waals surface area contributed by atoms with E-state index in [-0.39, 0.29) is 11.9 Å². The van der Waals surface area contributed by atoms with Crippen molar-refractivity contribution in [2.75, 3.05) is 37.8 Å². The Labute approximate surface area is 198 Å². The topological polar surface area (TPSA) is 101 Å². The first-order valence-corrected chi connectivity index (χ1v) is 13.3. The summed E-state index contributed by atoms with van der Waals surface area (Å²) in [5.74, 6) is 0.226. The third-order valence-corrected chi connectivity index (χ3v) is 6.15. The van der Waals surface area contributed by atoms with Gasteiger partial charge in [0.25, 0.3) is 5.91 Å². The molecule has 2 aromatic rings. The SMILES string of the molecule is CS(=O)(=O)Oc1ccccc1NC1CCN(CCCCNC(=O)c2cncc(Br)c2)CC1. The molecule has 0 spiro atoms. The van der Waals surface area contributed by atoms with Crippen LogP contribution in [0.3, 0.4) is 0 Å². The van der Waals surface area contributed by atoms with Crippen molar-refractivity contribution in [1.82, 2.24) is 15.2 Å². The lowest BCUT2D eigenvalue weighted by Gasteiger charge is -2.33. The van der Waals surface area contributed by atoms with E-state index in [1.807, 2.05) is 12.1 Å². The molecule has 1 aliphatic rings. The fraction of sp³-hybridized carbons (Fsp3) is 0.455. The van der Waals surface area contributed by atoms with Crippen LogP contribution in [-0.4, -0.2) is 62.7 Å². The van der Waals surface area contributed by atoms with Crippen LogP contribution in [-0.2, 0) is 10.1 Å². The highest BCUT2D eigenvalue weighted by molar-refractivity contribution is 9.10. The van der Waals surface area contributed by atoms with Gasteiger partial charge in [0.2, 0.25) is 0 Å². The second-order valence-corrected chi connectivity index (χ2v) is 10.4. The molecule has 1 saturated heterocycles. The molecule has 1 aliphatic heterocycles. The van der Waals surface area contributed by atoms with E-state index in [2.05, 4.69) is 36.4 Å². The van der Waals surface area contributed by atoms with Crippen molar-refractivity contribution in [1.29, 1.82) is 0 Å². The van der Waals surface area contributed by atoms with Crippen molar-refractivity contribution in [3.8, 4) is 5.75 Å². The Morgan fingerprint density at radius 3 is 2.69 bits per heavy atom. The summed E-state index contributed by atoms with van der Waals surface area (Å²) in [6, 6.07) is 9.14. The first-order valence-electron chi connectivity index (χ1n) is 10.7. The van der Waals surface area contributed by atoms with Crippen molar-refractivity contribution in [2.24, 2.45) is 0 Å². The van der Waals surface area contributed by atoms with Crippen LogP contribution in [0.25, 0.3) is 0 Å². The molecule has 32 heavy (non-hydrogen) atoms. The molecular formula is C22H29BrN4O4S. The summed E-state index contributed by atoms with van der Waals surface area (Å²) in [4.78, 5) is 18.6. The minimum atomic E-state index is -3.57. The molecule has 1 fully saturated rings. The molecule has 8 nitrogen and oxygen atoms in total. The van der Waals surface area contributed by atoms with Gasteiger partial charge in [-0.2, -0.15) is 8.42 Å². The number of piperidine rings is 1. The maximum Gasteiger partial charge on any atom is 0.306 e. The van der Waals surface area contributed by atoms with Gasteiger partial charge in [-0.25, -0.2) is 0 Å². The minimum Gasteiger partial charge on any atom is -0.380 e. The molecule has 0 unspecified atom stereocenters. The number of aromatic nitrogens is 1. The van der Waals surface area contributed by atoms with Gasteiger partial charge < -0.3 is 19.7 Å². The average molecular weight is 525 g/mol. The van der Waals surface area contributed by atoms with Gasteiger partial charge in [0, 0.05) is 42.5 Å². The Bertz CT molecular complexity index is 1010. The van der Waals surface area contributed by atoms with E-state index in [4.69, 9.17) is 4.18 Å². The molecular weight excluding hydrogens is 496 g/mol. The molecule has 2 N–H and O–H groups in total. The van der Waals surface area contributed by atoms with Gasteiger partial charge in [-0.3, -0.25) is 9.78 Å². The predicted molar refractivity (Wildman–Crippen MR) is 129 cm³/mol. The maximum absolute atomic E-state index is 12.1. The molecule has 2 heterocycles. The number of para-hydroxylation sites is 2. The highest BCUT2D eigenvalue weighted by Gasteiger charge is 2.20. The number of rotatable bonds is 10. The van der Waals surface area contributed by atoms with Crippen molar-refractivity contribution in [2.45, 2.75) is 31.7 Å². The van der Waals surface area contributed by atoms with E-state index in [9.17, 15) is 13.2 Å². The summed E-state index contributed by atoms with van der Waals surface area (Å²) in [5.41, 5.74) is 1.25. The van der Waals surface area contributed by atoms with E-state index in [0.29, 0.717) is 23.5 Å². The molecule has 0 atom stereocenters. The van der Waals surface area contributed by atoms with Crippen molar-refractivity contribution in [3.63, 3.8) is 0 Å². The molecule has 1 aromatic carbocycles. The first kappa shape index (κ1) is 24.5. The van der Waals surface area contributed by atoms with Gasteiger partial charge in [0.1, 0.15) is 0 Å². The molecule has 174 valence electrons.